The molecule has 40 heavy (non-hydrogen) atoms. The van der Waals surface area contributed by atoms with Gasteiger partial charge in [0.25, 0.3) is 5.56 Å². The van der Waals surface area contributed by atoms with Gasteiger partial charge in [0.15, 0.2) is 0 Å². The fourth-order valence-electron chi connectivity index (χ4n) is 6.33. The fraction of sp³-hybridized carbons (Fsp3) is 0.438. The van der Waals surface area contributed by atoms with E-state index in [4.69, 9.17) is 4.74 Å². The molecular weight excluding hydrogens is 502 g/mol. The van der Waals surface area contributed by atoms with Crippen LogP contribution in [-0.4, -0.2) is 43.1 Å². The average molecular weight is 540 g/mol. The zero-order chi connectivity index (χ0) is 28.3. The van der Waals surface area contributed by atoms with E-state index in [1.165, 1.54) is 6.33 Å². The van der Waals surface area contributed by atoms with Gasteiger partial charge >= 0.3 is 0 Å². The van der Waals surface area contributed by atoms with Gasteiger partial charge in [0.05, 0.1) is 29.0 Å². The molecule has 0 spiro atoms. The van der Waals surface area contributed by atoms with Crippen LogP contribution in [0, 0.1) is 11.3 Å². The SMILES string of the molecule is CCCc1c(Cc2ccc(-c3ccccc3C#N)cc2)c(=O)n([C@H]2CC[C@@](CC(C)O)(OC)CC2)c2ncnn12. The highest BCUT2D eigenvalue weighted by molar-refractivity contribution is 5.70. The minimum absolute atomic E-state index is 0.00621. The van der Waals surface area contributed by atoms with Crippen molar-refractivity contribution in [2.75, 3.05) is 7.11 Å². The molecule has 8 nitrogen and oxygen atoms in total. The second-order valence-electron chi connectivity index (χ2n) is 11.0. The van der Waals surface area contributed by atoms with Gasteiger partial charge in [-0.2, -0.15) is 15.3 Å². The lowest BCUT2D eigenvalue weighted by atomic mass is 9.78. The summed E-state index contributed by atoms with van der Waals surface area (Å²) >= 11 is 0. The van der Waals surface area contributed by atoms with Crippen molar-refractivity contribution in [1.82, 2.24) is 19.2 Å². The fourth-order valence-corrected chi connectivity index (χ4v) is 6.33. The Morgan fingerprint density at radius 3 is 2.55 bits per heavy atom. The molecule has 0 bridgehead atoms. The Labute approximate surface area is 234 Å². The van der Waals surface area contributed by atoms with Crippen molar-refractivity contribution < 1.29 is 9.84 Å². The molecule has 1 N–H and O–H groups in total. The van der Waals surface area contributed by atoms with Gasteiger partial charge in [0.2, 0.25) is 5.78 Å². The number of benzene rings is 2. The van der Waals surface area contributed by atoms with Crippen LogP contribution in [0.3, 0.4) is 0 Å². The largest absolute Gasteiger partial charge is 0.393 e. The summed E-state index contributed by atoms with van der Waals surface area (Å²) in [5, 5.41) is 24.1. The molecule has 208 valence electrons. The lowest BCUT2D eigenvalue weighted by Gasteiger charge is -2.40. The van der Waals surface area contributed by atoms with Crippen molar-refractivity contribution in [2.24, 2.45) is 0 Å². The molecule has 2 heterocycles. The quantitative estimate of drug-likeness (QED) is 0.312. The Balaban J connectivity index is 1.51. The van der Waals surface area contributed by atoms with E-state index in [2.05, 4.69) is 23.1 Å². The highest BCUT2D eigenvalue weighted by atomic mass is 16.5. The van der Waals surface area contributed by atoms with E-state index in [0.717, 1.165) is 66.5 Å². The number of nitrogens with zero attached hydrogens (tertiary/aromatic N) is 5. The number of ether oxygens (including phenoxy) is 1. The molecule has 0 aliphatic heterocycles. The molecule has 2 aromatic carbocycles. The summed E-state index contributed by atoms with van der Waals surface area (Å²) in [4.78, 5) is 18.8. The van der Waals surface area contributed by atoms with E-state index in [-0.39, 0.29) is 17.2 Å². The van der Waals surface area contributed by atoms with E-state index < -0.39 is 6.10 Å². The molecule has 1 atom stereocenters. The van der Waals surface area contributed by atoms with Crippen LogP contribution in [0.2, 0.25) is 0 Å². The van der Waals surface area contributed by atoms with Crippen molar-refractivity contribution in [1.29, 1.82) is 5.26 Å². The summed E-state index contributed by atoms with van der Waals surface area (Å²) in [6.45, 7) is 3.90. The van der Waals surface area contributed by atoms with E-state index in [0.29, 0.717) is 24.2 Å². The van der Waals surface area contributed by atoms with Crippen LogP contribution >= 0.6 is 0 Å². The number of aliphatic hydroxyl groups excluding tert-OH is 1. The number of nitriles is 1. The van der Waals surface area contributed by atoms with Crippen LogP contribution in [-0.2, 0) is 17.6 Å². The van der Waals surface area contributed by atoms with Gasteiger partial charge in [0.1, 0.15) is 6.33 Å². The Kier molecular flexibility index (Phi) is 8.15. The predicted molar refractivity (Wildman–Crippen MR) is 154 cm³/mol. The second kappa shape index (κ2) is 11.7. The zero-order valence-electron chi connectivity index (χ0n) is 23.5. The highest BCUT2D eigenvalue weighted by Crippen LogP contribution is 2.40. The molecule has 8 heteroatoms. The first-order chi connectivity index (χ1) is 19.4. The van der Waals surface area contributed by atoms with E-state index in [1.54, 1.807) is 14.0 Å². The van der Waals surface area contributed by atoms with Crippen LogP contribution in [0.15, 0.2) is 59.7 Å². The third-order valence-electron chi connectivity index (χ3n) is 8.34. The minimum atomic E-state index is -0.442. The first-order valence-electron chi connectivity index (χ1n) is 14.2. The number of aliphatic hydroxyl groups is 1. The van der Waals surface area contributed by atoms with Gasteiger partial charge in [-0.3, -0.25) is 9.36 Å². The maximum Gasteiger partial charge on any atom is 0.259 e. The number of aryl methyl sites for hydroxylation is 1. The topological polar surface area (TPSA) is 105 Å². The maximum absolute atomic E-state index is 14.2. The number of hydrogen-bond donors (Lipinski definition) is 1. The smallest absolute Gasteiger partial charge is 0.259 e. The van der Waals surface area contributed by atoms with Crippen LogP contribution < -0.4 is 5.56 Å². The van der Waals surface area contributed by atoms with Gasteiger partial charge in [-0.25, -0.2) is 4.52 Å². The van der Waals surface area contributed by atoms with Gasteiger partial charge < -0.3 is 9.84 Å². The lowest BCUT2D eigenvalue weighted by molar-refractivity contribution is -0.0744. The highest BCUT2D eigenvalue weighted by Gasteiger charge is 2.38. The average Bonchev–Trinajstić information content (AvgIpc) is 3.45. The molecule has 0 saturated heterocycles. The molecule has 4 aromatic rings. The maximum atomic E-state index is 14.2. The summed E-state index contributed by atoms with van der Waals surface area (Å²) in [7, 11) is 1.72. The van der Waals surface area contributed by atoms with Crippen LogP contribution in [0.1, 0.15) is 80.8 Å². The Morgan fingerprint density at radius 2 is 1.90 bits per heavy atom. The summed E-state index contributed by atoms with van der Waals surface area (Å²) in [6, 6.07) is 17.9. The summed E-state index contributed by atoms with van der Waals surface area (Å²) < 4.78 is 9.59. The van der Waals surface area contributed by atoms with Crippen molar-refractivity contribution in [3.63, 3.8) is 0 Å². The molecule has 2 aromatic heterocycles. The summed E-state index contributed by atoms with van der Waals surface area (Å²) in [5.74, 6) is 0.589. The van der Waals surface area contributed by atoms with Crippen LogP contribution in [0.4, 0.5) is 0 Å². The number of rotatable bonds is 9. The Bertz CT molecular complexity index is 1570. The van der Waals surface area contributed by atoms with E-state index in [9.17, 15) is 15.2 Å². The van der Waals surface area contributed by atoms with E-state index >= 15 is 0 Å². The predicted octanol–water partition coefficient (Wildman–Crippen LogP) is 5.24. The Hall–Kier alpha value is -3.80. The van der Waals surface area contributed by atoms with Crippen molar-refractivity contribution in [3.8, 4) is 17.2 Å². The van der Waals surface area contributed by atoms with Gasteiger partial charge in [-0.1, -0.05) is 55.8 Å². The normalized spacial score (nSPS) is 19.9. The first kappa shape index (κ1) is 27.8. The molecule has 1 fully saturated rings. The number of fused-ring (bicyclic) bond motifs is 1. The summed E-state index contributed by atoms with van der Waals surface area (Å²) in [6.07, 6.45) is 6.84. The van der Waals surface area contributed by atoms with Crippen molar-refractivity contribution in [3.05, 3.63) is 87.6 Å². The molecule has 1 aliphatic carbocycles. The minimum Gasteiger partial charge on any atom is -0.393 e. The van der Waals surface area contributed by atoms with Gasteiger partial charge in [-0.15, -0.1) is 0 Å². The van der Waals surface area contributed by atoms with Gasteiger partial charge in [-0.05, 0) is 61.8 Å². The van der Waals surface area contributed by atoms with Crippen molar-refractivity contribution >= 4 is 5.78 Å². The molecule has 1 saturated carbocycles. The molecule has 1 aliphatic rings. The molecule has 1 unspecified atom stereocenters. The van der Waals surface area contributed by atoms with E-state index in [1.807, 2.05) is 57.6 Å². The number of aromatic nitrogens is 4. The number of methoxy groups -OCH3 is 1. The second-order valence-corrected chi connectivity index (χ2v) is 11.0. The number of hydrogen-bond acceptors (Lipinski definition) is 6. The first-order valence-corrected chi connectivity index (χ1v) is 14.2. The Morgan fingerprint density at radius 1 is 1.18 bits per heavy atom. The molecule has 0 radical (unpaired) electrons. The third kappa shape index (κ3) is 5.32. The van der Waals surface area contributed by atoms with Gasteiger partial charge in [0, 0.05) is 31.6 Å². The zero-order valence-corrected chi connectivity index (χ0v) is 23.5. The molecular formula is C32H37N5O3. The third-order valence-corrected chi connectivity index (χ3v) is 8.34. The van der Waals surface area contributed by atoms with Crippen LogP contribution in [0.5, 0.6) is 0 Å². The lowest BCUT2D eigenvalue weighted by Crippen LogP contribution is -2.41. The van der Waals surface area contributed by atoms with Crippen molar-refractivity contribution in [2.45, 2.75) is 83.0 Å². The monoisotopic (exact) mass is 539 g/mol. The van der Waals surface area contributed by atoms with Crippen LogP contribution in [0.25, 0.3) is 16.9 Å². The standard InChI is InChI=1S/C32H37N5O3/c1-4-7-29-28(18-23-10-12-24(13-11-23)27-9-6-5-8-25(27)20-33)30(39)36(31-34-21-35-37(29)31)26-14-16-32(40-3,17-15-26)19-22(2)38/h5-6,8-13,21-22,26,38H,4,7,14-19H2,1-3H3/t22?,26-,32+. The molecule has 0 amide bonds. The summed E-state index contributed by atoms with van der Waals surface area (Å²) in [5.41, 5.74) is 4.82. The molecule has 5 rings (SSSR count).